The third-order valence-corrected chi connectivity index (χ3v) is 10.4. The van der Waals surface area contributed by atoms with Crippen LogP contribution in [-0.4, -0.2) is 42.5 Å². The lowest BCUT2D eigenvalue weighted by Crippen LogP contribution is -2.49. The van der Waals surface area contributed by atoms with Crippen LogP contribution in [0.25, 0.3) is 0 Å². The van der Waals surface area contributed by atoms with E-state index in [-0.39, 0.29) is 33.9 Å². The SMILES string of the molecule is C[C@@H]1C[C@H](C(=O)NC(c2ccc(C(F)(F)F)c(F)c2)C2CC2)N(C(=O)c2cccc(S(=O)(=O)C3CC3)c2)[C@@H]1C. The van der Waals surface area contributed by atoms with E-state index in [1.54, 1.807) is 0 Å². The van der Waals surface area contributed by atoms with Gasteiger partial charge in [-0.2, -0.15) is 13.2 Å². The molecule has 1 heterocycles. The van der Waals surface area contributed by atoms with E-state index in [1.165, 1.54) is 35.2 Å². The molecule has 2 saturated carbocycles. The molecule has 0 spiro atoms. The van der Waals surface area contributed by atoms with Gasteiger partial charge in [0, 0.05) is 11.6 Å². The molecular formula is C28H30F4N2O4S. The third-order valence-electron chi connectivity index (χ3n) is 8.15. The van der Waals surface area contributed by atoms with Gasteiger partial charge in [-0.1, -0.05) is 19.1 Å². The largest absolute Gasteiger partial charge is 0.419 e. The van der Waals surface area contributed by atoms with E-state index in [0.717, 1.165) is 18.9 Å². The molecule has 0 radical (unpaired) electrons. The Bertz CT molecular complexity index is 1400. The highest BCUT2D eigenvalue weighted by atomic mass is 32.2. The van der Waals surface area contributed by atoms with Crippen LogP contribution in [0.2, 0.25) is 0 Å². The lowest BCUT2D eigenvalue weighted by molar-refractivity contribution is -0.140. The standard InChI is InChI=1S/C28H30F4N2O4S/c1-15-12-24(26(35)33-25(17-6-7-17)18-8-11-22(23(29)14-18)28(30,31)32)34(16(15)2)27(36)19-4-3-5-21(13-19)39(37,38)20-9-10-20/h3-5,8,11,13-17,20,24-25H,6-7,9-10,12H2,1-2H3,(H,33,35)/t15-,16-,24-,25?/m1/s1. The summed E-state index contributed by atoms with van der Waals surface area (Å²) in [6.07, 6.45) is -1.82. The van der Waals surface area contributed by atoms with E-state index < -0.39 is 56.5 Å². The Morgan fingerprint density at radius 1 is 1.03 bits per heavy atom. The van der Waals surface area contributed by atoms with Crippen molar-refractivity contribution in [2.24, 2.45) is 11.8 Å². The summed E-state index contributed by atoms with van der Waals surface area (Å²) in [6, 6.07) is 6.68. The molecule has 6 nitrogen and oxygen atoms in total. The fourth-order valence-electron chi connectivity index (χ4n) is 5.41. The molecule has 3 fully saturated rings. The summed E-state index contributed by atoms with van der Waals surface area (Å²) in [5.41, 5.74) is -0.960. The van der Waals surface area contributed by atoms with E-state index in [9.17, 15) is 35.6 Å². The van der Waals surface area contributed by atoms with Crippen molar-refractivity contribution in [3.8, 4) is 0 Å². The average molecular weight is 567 g/mol. The van der Waals surface area contributed by atoms with Crippen LogP contribution in [0.1, 0.15) is 73.5 Å². The van der Waals surface area contributed by atoms with E-state index in [0.29, 0.717) is 25.3 Å². The summed E-state index contributed by atoms with van der Waals surface area (Å²) in [5, 5.41) is 2.45. The Morgan fingerprint density at radius 3 is 2.31 bits per heavy atom. The number of carbonyl (C=O) groups is 2. The van der Waals surface area contributed by atoms with Crippen molar-refractivity contribution >= 4 is 21.7 Å². The Labute approximate surface area is 224 Å². The first kappa shape index (κ1) is 27.6. The Morgan fingerprint density at radius 2 is 1.72 bits per heavy atom. The summed E-state index contributed by atoms with van der Waals surface area (Å²) in [5.74, 6) is -2.43. The molecule has 0 bridgehead atoms. The number of halogens is 4. The minimum Gasteiger partial charge on any atom is -0.347 e. The van der Waals surface area contributed by atoms with Crippen molar-refractivity contribution in [1.82, 2.24) is 10.2 Å². The molecular weight excluding hydrogens is 536 g/mol. The summed E-state index contributed by atoms with van der Waals surface area (Å²) in [7, 11) is -3.52. The van der Waals surface area contributed by atoms with Crippen molar-refractivity contribution in [2.75, 3.05) is 0 Å². The van der Waals surface area contributed by atoms with Gasteiger partial charge in [0.1, 0.15) is 11.9 Å². The van der Waals surface area contributed by atoms with E-state index in [1.807, 2.05) is 13.8 Å². The molecule has 5 rings (SSSR count). The van der Waals surface area contributed by atoms with Crippen LogP contribution >= 0.6 is 0 Å². The predicted molar refractivity (Wildman–Crippen MR) is 135 cm³/mol. The highest BCUT2D eigenvalue weighted by molar-refractivity contribution is 7.92. The molecule has 1 saturated heterocycles. The minimum atomic E-state index is -4.83. The molecule has 1 aliphatic heterocycles. The molecule has 4 atom stereocenters. The van der Waals surface area contributed by atoms with Gasteiger partial charge in [-0.05, 0) is 86.8 Å². The molecule has 2 amide bonds. The topological polar surface area (TPSA) is 83.6 Å². The number of hydrogen-bond acceptors (Lipinski definition) is 4. The summed E-state index contributed by atoms with van der Waals surface area (Å²) in [6.45, 7) is 3.74. The summed E-state index contributed by atoms with van der Waals surface area (Å²) < 4.78 is 78.9. The zero-order valence-electron chi connectivity index (χ0n) is 21.5. The summed E-state index contributed by atoms with van der Waals surface area (Å²) >= 11 is 0. The molecule has 3 aliphatic rings. The molecule has 2 aromatic carbocycles. The van der Waals surface area contributed by atoms with Gasteiger partial charge in [0.15, 0.2) is 9.84 Å². The molecule has 1 unspecified atom stereocenters. The molecule has 1 N–H and O–H groups in total. The van der Waals surface area contributed by atoms with Crippen molar-refractivity contribution in [3.63, 3.8) is 0 Å². The number of likely N-dealkylation sites (tertiary alicyclic amines) is 1. The Balaban J connectivity index is 1.39. The van der Waals surface area contributed by atoms with Gasteiger partial charge in [0.05, 0.1) is 21.8 Å². The van der Waals surface area contributed by atoms with Crippen molar-refractivity contribution in [3.05, 3.63) is 65.0 Å². The van der Waals surface area contributed by atoms with Crippen LogP contribution in [0.4, 0.5) is 17.6 Å². The number of hydrogen-bond donors (Lipinski definition) is 1. The second-order valence-corrected chi connectivity index (χ2v) is 13.2. The number of nitrogens with zero attached hydrogens (tertiary/aromatic N) is 1. The smallest absolute Gasteiger partial charge is 0.347 e. The second kappa shape index (κ2) is 9.91. The monoisotopic (exact) mass is 566 g/mol. The van der Waals surface area contributed by atoms with Crippen LogP contribution in [0, 0.1) is 17.7 Å². The molecule has 2 aliphatic carbocycles. The average Bonchev–Trinajstić information content (AvgIpc) is 3.79. The number of rotatable bonds is 7. The first-order chi connectivity index (χ1) is 18.3. The first-order valence-corrected chi connectivity index (χ1v) is 14.7. The first-order valence-electron chi connectivity index (χ1n) is 13.1. The minimum absolute atomic E-state index is 0.0361. The molecule has 39 heavy (non-hydrogen) atoms. The van der Waals surface area contributed by atoms with Gasteiger partial charge >= 0.3 is 6.18 Å². The normalized spacial score (nSPS) is 24.5. The van der Waals surface area contributed by atoms with Gasteiger partial charge in [0.2, 0.25) is 5.91 Å². The Hall–Kier alpha value is -2.95. The number of carbonyl (C=O) groups excluding carboxylic acids is 2. The molecule has 0 aromatic heterocycles. The summed E-state index contributed by atoms with van der Waals surface area (Å²) in [4.78, 5) is 28.8. The number of sulfone groups is 1. The maximum Gasteiger partial charge on any atom is 0.419 e. The zero-order valence-corrected chi connectivity index (χ0v) is 22.4. The lowest BCUT2D eigenvalue weighted by atomic mass is 9.99. The van der Waals surface area contributed by atoms with Crippen LogP contribution in [0.15, 0.2) is 47.4 Å². The van der Waals surface area contributed by atoms with Crippen molar-refractivity contribution in [1.29, 1.82) is 0 Å². The van der Waals surface area contributed by atoms with Crippen molar-refractivity contribution in [2.45, 2.75) is 80.4 Å². The molecule has 11 heteroatoms. The number of nitrogens with one attached hydrogen (secondary N) is 1. The maximum absolute atomic E-state index is 14.3. The fraction of sp³-hybridized carbons (Fsp3) is 0.500. The number of amides is 2. The third kappa shape index (κ3) is 5.42. The van der Waals surface area contributed by atoms with E-state index in [4.69, 9.17) is 0 Å². The number of benzene rings is 2. The van der Waals surface area contributed by atoms with Gasteiger partial charge in [-0.3, -0.25) is 9.59 Å². The molecule has 2 aromatic rings. The lowest BCUT2D eigenvalue weighted by Gasteiger charge is -2.30. The number of alkyl halides is 3. The van der Waals surface area contributed by atoms with Crippen LogP contribution in [0.5, 0.6) is 0 Å². The fourth-order valence-corrected chi connectivity index (χ4v) is 7.11. The van der Waals surface area contributed by atoms with Gasteiger partial charge in [-0.15, -0.1) is 0 Å². The molecule has 210 valence electrons. The van der Waals surface area contributed by atoms with E-state index in [2.05, 4.69) is 5.32 Å². The van der Waals surface area contributed by atoms with E-state index >= 15 is 0 Å². The van der Waals surface area contributed by atoms with Gasteiger partial charge < -0.3 is 10.2 Å². The highest BCUT2D eigenvalue weighted by Crippen LogP contribution is 2.43. The van der Waals surface area contributed by atoms with Crippen LogP contribution < -0.4 is 5.32 Å². The predicted octanol–water partition coefficient (Wildman–Crippen LogP) is 5.29. The Kier molecular flexibility index (Phi) is 7.01. The maximum atomic E-state index is 14.3. The van der Waals surface area contributed by atoms with Crippen molar-refractivity contribution < 1.29 is 35.6 Å². The second-order valence-electron chi connectivity index (χ2n) is 11.0. The zero-order chi connectivity index (χ0) is 28.3. The van der Waals surface area contributed by atoms with Gasteiger partial charge in [0.25, 0.3) is 5.91 Å². The van der Waals surface area contributed by atoms with Crippen LogP contribution in [-0.2, 0) is 20.8 Å². The highest BCUT2D eigenvalue weighted by Gasteiger charge is 2.45. The van der Waals surface area contributed by atoms with Crippen LogP contribution in [0.3, 0.4) is 0 Å². The van der Waals surface area contributed by atoms with Gasteiger partial charge in [-0.25, -0.2) is 12.8 Å². The quantitative estimate of drug-likeness (QED) is 0.462.